The highest BCUT2D eigenvalue weighted by Gasteiger charge is 2.18. The van der Waals surface area contributed by atoms with Gasteiger partial charge in [-0.3, -0.25) is 4.98 Å². The predicted molar refractivity (Wildman–Crippen MR) is 67.5 cm³/mol. The third-order valence-corrected chi connectivity index (χ3v) is 2.56. The van der Waals surface area contributed by atoms with Crippen molar-refractivity contribution >= 4 is 5.97 Å². The Morgan fingerprint density at radius 1 is 1.16 bits per heavy atom. The van der Waals surface area contributed by atoms with Crippen molar-refractivity contribution < 1.29 is 19.4 Å². The lowest BCUT2D eigenvalue weighted by molar-refractivity contribution is 0.0691. The second-order valence-corrected chi connectivity index (χ2v) is 3.62. The van der Waals surface area contributed by atoms with E-state index in [4.69, 9.17) is 14.6 Å². The van der Waals surface area contributed by atoms with E-state index in [0.29, 0.717) is 17.1 Å². The number of aromatic carboxylic acids is 1. The molecule has 2 rings (SSSR count). The molecule has 19 heavy (non-hydrogen) atoms. The molecule has 1 N–H and O–H groups in total. The first kappa shape index (κ1) is 12.8. The monoisotopic (exact) mass is 260 g/mol. The van der Waals surface area contributed by atoms with Crippen molar-refractivity contribution in [2.24, 2.45) is 0 Å². The van der Waals surface area contributed by atoms with E-state index in [9.17, 15) is 4.79 Å². The number of hydrogen-bond acceptors (Lipinski definition) is 5. The van der Waals surface area contributed by atoms with Crippen molar-refractivity contribution in [1.82, 2.24) is 9.97 Å². The third-order valence-electron chi connectivity index (χ3n) is 2.56. The van der Waals surface area contributed by atoms with Gasteiger partial charge in [-0.1, -0.05) is 0 Å². The van der Waals surface area contributed by atoms with Crippen LogP contribution in [0.5, 0.6) is 11.5 Å². The molecular weight excluding hydrogens is 248 g/mol. The van der Waals surface area contributed by atoms with Crippen LogP contribution >= 0.6 is 0 Å². The normalized spacial score (nSPS) is 10.0. The molecule has 6 heteroatoms. The number of aromatic nitrogens is 2. The van der Waals surface area contributed by atoms with Gasteiger partial charge in [-0.05, 0) is 12.1 Å². The van der Waals surface area contributed by atoms with Crippen LogP contribution in [0.3, 0.4) is 0 Å². The molecule has 0 radical (unpaired) electrons. The maximum Gasteiger partial charge on any atom is 0.356 e. The molecular formula is C13H12N2O4. The second kappa shape index (κ2) is 5.34. The summed E-state index contributed by atoms with van der Waals surface area (Å²) in [5.74, 6) is -0.0512. The van der Waals surface area contributed by atoms with E-state index < -0.39 is 5.97 Å². The van der Waals surface area contributed by atoms with Crippen LogP contribution in [0.25, 0.3) is 11.3 Å². The number of ether oxygens (including phenoxy) is 2. The van der Waals surface area contributed by atoms with Crippen LogP contribution in [-0.4, -0.2) is 35.3 Å². The third kappa shape index (κ3) is 2.47. The summed E-state index contributed by atoms with van der Waals surface area (Å²) >= 11 is 0. The number of nitrogens with zero attached hydrogens (tertiary/aromatic N) is 2. The molecule has 0 bridgehead atoms. The fourth-order valence-electron chi connectivity index (χ4n) is 1.69. The number of methoxy groups -OCH3 is 2. The Morgan fingerprint density at radius 3 is 2.53 bits per heavy atom. The van der Waals surface area contributed by atoms with Crippen molar-refractivity contribution in [3.8, 4) is 22.8 Å². The van der Waals surface area contributed by atoms with Crippen molar-refractivity contribution in [1.29, 1.82) is 0 Å². The number of benzene rings is 1. The summed E-state index contributed by atoms with van der Waals surface area (Å²) < 4.78 is 10.3. The van der Waals surface area contributed by atoms with E-state index >= 15 is 0 Å². The van der Waals surface area contributed by atoms with Crippen molar-refractivity contribution in [2.45, 2.75) is 0 Å². The predicted octanol–water partition coefficient (Wildman–Crippen LogP) is 1.86. The Kier molecular flexibility index (Phi) is 3.61. The van der Waals surface area contributed by atoms with Crippen molar-refractivity contribution in [3.05, 3.63) is 36.3 Å². The van der Waals surface area contributed by atoms with Gasteiger partial charge in [-0.2, -0.15) is 0 Å². The number of carboxylic acids is 1. The van der Waals surface area contributed by atoms with E-state index in [1.54, 1.807) is 25.3 Å². The van der Waals surface area contributed by atoms with Gasteiger partial charge < -0.3 is 14.6 Å². The Balaban J connectivity index is 2.62. The first-order chi connectivity index (χ1) is 9.17. The van der Waals surface area contributed by atoms with Crippen LogP contribution in [0.2, 0.25) is 0 Å². The average Bonchev–Trinajstić information content (AvgIpc) is 2.46. The van der Waals surface area contributed by atoms with Crippen molar-refractivity contribution in [3.63, 3.8) is 0 Å². The first-order valence-electron chi connectivity index (χ1n) is 5.44. The minimum absolute atomic E-state index is 0.119. The SMILES string of the molecule is COc1ccc(-c2nccnc2C(=O)O)c(OC)c1. The fraction of sp³-hybridized carbons (Fsp3) is 0.154. The molecule has 0 spiro atoms. The van der Waals surface area contributed by atoms with E-state index in [1.165, 1.54) is 19.5 Å². The van der Waals surface area contributed by atoms with Gasteiger partial charge in [-0.25, -0.2) is 9.78 Å². The topological polar surface area (TPSA) is 81.5 Å². The van der Waals surface area contributed by atoms with E-state index in [1.807, 2.05) is 0 Å². The Hall–Kier alpha value is -2.63. The van der Waals surface area contributed by atoms with Crippen LogP contribution in [0.4, 0.5) is 0 Å². The molecule has 2 aromatic rings. The van der Waals surface area contributed by atoms with E-state index in [-0.39, 0.29) is 11.4 Å². The Morgan fingerprint density at radius 2 is 1.89 bits per heavy atom. The standard InChI is InChI=1S/C13H12N2O4/c1-18-8-3-4-9(10(7-8)19-2)11-12(13(16)17)15-6-5-14-11/h3-7H,1-2H3,(H,16,17). The number of hydrogen-bond donors (Lipinski definition) is 1. The minimum Gasteiger partial charge on any atom is -0.497 e. The summed E-state index contributed by atoms with van der Waals surface area (Å²) in [7, 11) is 3.04. The number of rotatable bonds is 4. The molecule has 0 aliphatic rings. The summed E-state index contributed by atoms with van der Waals surface area (Å²) in [6.45, 7) is 0. The van der Waals surface area contributed by atoms with Crippen LogP contribution < -0.4 is 9.47 Å². The fourth-order valence-corrected chi connectivity index (χ4v) is 1.69. The Labute approximate surface area is 109 Å². The lowest BCUT2D eigenvalue weighted by atomic mass is 10.1. The highest BCUT2D eigenvalue weighted by molar-refractivity contribution is 5.93. The molecule has 6 nitrogen and oxygen atoms in total. The van der Waals surface area contributed by atoms with Gasteiger partial charge in [0.25, 0.3) is 0 Å². The van der Waals surface area contributed by atoms with Gasteiger partial charge in [-0.15, -0.1) is 0 Å². The molecule has 1 aromatic carbocycles. The molecule has 0 saturated heterocycles. The Bertz CT molecular complexity index is 613. The summed E-state index contributed by atoms with van der Waals surface area (Å²) in [5, 5.41) is 9.12. The van der Waals surface area contributed by atoms with Gasteiger partial charge in [0, 0.05) is 24.0 Å². The molecule has 0 aliphatic carbocycles. The largest absolute Gasteiger partial charge is 0.497 e. The molecule has 98 valence electrons. The summed E-state index contributed by atoms with van der Waals surface area (Å²) in [6, 6.07) is 5.06. The highest BCUT2D eigenvalue weighted by Crippen LogP contribution is 2.33. The quantitative estimate of drug-likeness (QED) is 0.903. The zero-order valence-corrected chi connectivity index (χ0v) is 10.5. The van der Waals surface area contributed by atoms with Gasteiger partial charge >= 0.3 is 5.97 Å². The molecule has 0 aliphatic heterocycles. The van der Waals surface area contributed by atoms with Crippen molar-refractivity contribution in [2.75, 3.05) is 14.2 Å². The van der Waals surface area contributed by atoms with Gasteiger partial charge in [0.2, 0.25) is 0 Å². The van der Waals surface area contributed by atoms with Gasteiger partial charge in [0.15, 0.2) is 5.69 Å². The lowest BCUT2D eigenvalue weighted by Gasteiger charge is -2.10. The second-order valence-electron chi connectivity index (χ2n) is 3.62. The summed E-state index contributed by atoms with van der Waals surface area (Å²) in [4.78, 5) is 19.0. The van der Waals surface area contributed by atoms with Crippen LogP contribution in [0.15, 0.2) is 30.6 Å². The van der Waals surface area contributed by atoms with Gasteiger partial charge in [0.05, 0.1) is 14.2 Å². The number of carboxylic acid groups (broad SMARTS) is 1. The zero-order valence-electron chi connectivity index (χ0n) is 10.5. The average molecular weight is 260 g/mol. The first-order valence-corrected chi connectivity index (χ1v) is 5.44. The molecule has 0 atom stereocenters. The lowest BCUT2D eigenvalue weighted by Crippen LogP contribution is -2.05. The smallest absolute Gasteiger partial charge is 0.356 e. The maximum absolute atomic E-state index is 11.1. The molecule has 1 aromatic heterocycles. The number of carbonyl (C=O) groups is 1. The zero-order chi connectivity index (χ0) is 13.8. The van der Waals surface area contributed by atoms with Crippen LogP contribution in [0.1, 0.15) is 10.5 Å². The maximum atomic E-state index is 11.1. The van der Waals surface area contributed by atoms with Crippen LogP contribution in [-0.2, 0) is 0 Å². The molecule has 0 saturated carbocycles. The van der Waals surface area contributed by atoms with Crippen LogP contribution in [0, 0.1) is 0 Å². The summed E-state index contributed by atoms with van der Waals surface area (Å²) in [6.07, 6.45) is 2.77. The summed E-state index contributed by atoms with van der Waals surface area (Å²) in [5.41, 5.74) is 0.689. The molecule has 0 fully saturated rings. The molecule has 0 amide bonds. The van der Waals surface area contributed by atoms with E-state index in [0.717, 1.165) is 0 Å². The highest BCUT2D eigenvalue weighted by atomic mass is 16.5. The van der Waals surface area contributed by atoms with E-state index in [2.05, 4.69) is 9.97 Å². The van der Waals surface area contributed by atoms with Gasteiger partial charge in [0.1, 0.15) is 17.2 Å². The molecule has 0 unspecified atom stereocenters. The molecule has 1 heterocycles. The minimum atomic E-state index is -1.14.